The third-order valence-corrected chi connectivity index (χ3v) is 7.75. The molecule has 202 valence electrons. The molecule has 0 saturated carbocycles. The molecule has 6 rings (SSSR count). The standard InChI is InChI=1S/C27H22ClN7O4S/c1-14-8-16(17-9-23(28)30-11-21(17)38-2)18(10-29-14)25(36)33-27-32-19-12-34(13-22(19)40-27)26(37)15-4-5-24(39-3)35-20(15)6-7-31-35/h4-11H,12-13H2,1-3H3,(H,32,33,36). The average molecular weight is 576 g/mol. The number of nitrogens with zero attached hydrogens (tertiary/aromatic N) is 6. The highest BCUT2D eigenvalue weighted by molar-refractivity contribution is 7.16. The Hall–Kier alpha value is -4.55. The van der Waals surface area contributed by atoms with Crippen LogP contribution in [0, 0.1) is 6.92 Å². The van der Waals surface area contributed by atoms with Gasteiger partial charge in [0.05, 0.1) is 66.9 Å². The van der Waals surface area contributed by atoms with Gasteiger partial charge in [-0.05, 0) is 31.2 Å². The lowest BCUT2D eigenvalue weighted by Crippen LogP contribution is -2.26. The summed E-state index contributed by atoms with van der Waals surface area (Å²) >= 11 is 7.49. The molecule has 5 aromatic rings. The molecular weight excluding hydrogens is 554 g/mol. The van der Waals surface area contributed by atoms with E-state index >= 15 is 0 Å². The topological polar surface area (TPSA) is 124 Å². The predicted molar refractivity (Wildman–Crippen MR) is 149 cm³/mol. The van der Waals surface area contributed by atoms with Gasteiger partial charge in [-0.1, -0.05) is 22.9 Å². The predicted octanol–water partition coefficient (Wildman–Crippen LogP) is 4.64. The second kappa shape index (κ2) is 10.2. The lowest BCUT2D eigenvalue weighted by Gasteiger charge is -2.17. The van der Waals surface area contributed by atoms with Gasteiger partial charge in [0.15, 0.2) is 5.13 Å². The van der Waals surface area contributed by atoms with E-state index in [1.54, 1.807) is 53.1 Å². The molecule has 6 heterocycles. The minimum Gasteiger partial charge on any atom is -0.494 e. The van der Waals surface area contributed by atoms with Crippen molar-refractivity contribution in [3.63, 3.8) is 0 Å². The van der Waals surface area contributed by atoms with Crippen molar-refractivity contribution in [3.05, 3.63) is 81.5 Å². The van der Waals surface area contributed by atoms with Crippen LogP contribution < -0.4 is 14.8 Å². The lowest BCUT2D eigenvalue weighted by atomic mass is 10.0. The van der Waals surface area contributed by atoms with E-state index in [0.717, 1.165) is 16.3 Å². The molecule has 0 atom stereocenters. The van der Waals surface area contributed by atoms with E-state index in [9.17, 15) is 9.59 Å². The maximum absolute atomic E-state index is 13.4. The van der Waals surface area contributed by atoms with Crippen molar-refractivity contribution < 1.29 is 19.1 Å². The Morgan fingerprint density at radius 3 is 2.65 bits per heavy atom. The Morgan fingerprint density at radius 1 is 1.02 bits per heavy atom. The largest absolute Gasteiger partial charge is 0.494 e. The van der Waals surface area contributed by atoms with Gasteiger partial charge >= 0.3 is 0 Å². The maximum atomic E-state index is 13.4. The van der Waals surface area contributed by atoms with E-state index in [1.807, 2.05) is 6.92 Å². The molecular formula is C27H22ClN7O4S. The first-order chi connectivity index (χ1) is 19.4. The molecule has 0 unspecified atom stereocenters. The molecule has 13 heteroatoms. The second-order valence-corrected chi connectivity index (χ2v) is 10.5. The Morgan fingerprint density at radius 2 is 1.88 bits per heavy atom. The van der Waals surface area contributed by atoms with Gasteiger partial charge in [0.25, 0.3) is 11.8 Å². The number of aromatic nitrogens is 5. The highest BCUT2D eigenvalue weighted by Crippen LogP contribution is 2.36. The van der Waals surface area contributed by atoms with Crippen LogP contribution in [0.2, 0.25) is 5.15 Å². The first-order valence-corrected chi connectivity index (χ1v) is 13.3. The van der Waals surface area contributed by atoms with Crippen LogP contribution in [0.3, 0.4) is 0 Å². The summed E-state index contributed by atoms with van der Waals surface area (Å²) < 4.78 is 12.4. The summed E-state index contributed by atoms with van der Waals surface area (Å²) in [5, 5.41) is 7.85. The van der Waals surface area contributed by atoms with E-state index in [1.165, 1.54) is 30.8 Å². The van der Waals surface area contributed by atoms with Crippen molar-refractivity contribution in [3.8, 4) is 22.8 Å². The summed E-state index contributed by atoms with van der Waals surface area (Å²) in [6, 6.07) is 8.68. The zero-order valence-electron chi connectivity index (χ0n) is 21.6. The number of carbonyl (C=O) groups excluding carboxylic acids is 2. The fourth-order valence-electron chi connectivity index (χ4n) is 4.66. The summed E-state index contributed by atoms with van der Waals surface area (Å²) in [6.07, 6.45) is 4.65. The van der Waals surface area contributed by atoms with Gasteiger partial charge in [-0.3, -0.25) is 19.9 Å². The van der Waals surface area contributed by atoms with Crippen molar-refractivity contribution in [2.75, 3.05) is 19.5 Å². The van der Waals surface area contributed by atoms with Gasteiger partial charge in [0, 0.05) is 29.1 Å². The zero-order chi connectivity index (χ0) is 28.0. The fourth-order valence-corrected chi connectivity index (χ4v) is 5.79. The number of ether oxygens (including phenoxy) is 2. The Bertz CT molecular complexity index is 1780. The molecule has 0 radical (unpaired) electrons. The van der Waals surface area contributed by atoms with Gasteiger partial charge in [-0.25, -0.2) is 14.5 Å². The zero-order valence-corrected chi connectivity index (χ0v) is 23.2. The van der Waals surface area contributed by atoms with E-state index in [4.69, 9.17) is 21.1 Å². The fraction of sp³-hybridized carbons (Fsp3) is 0.185. The quantitative estimate of drug-likeness (QED) is 0.291. The van der Waals surface area contributed by atoms with Crippen LogP contribution in [-0.4, -0.2) is 55.5 Å². The number of carbonyl (C=O) groups is 2. The molecule has 0 bridgehead atoms. The van der Waals surface area contributed by atoms with Crippen molar-refractivity contribution >= 4 is 45.4 Å². The van der Waals surface area contributed by atoms with Gasteiger partial charge < -0.3 is 14.4 Å². The Labute approximate surface area is 237 Å². The number of aryl methyl sites for hydroxylation is 1. The van der Waals surface area contributed by atoms with E-state index < -0.39 is 0 Å². The van der Waals surface area contributed by atoms with E-state index in [0.29, 0.717) is 57.6 Å². The van der Waals surface area contributed by atoms with E-state index in [2.05, 4.69) is 25.4 Å². The summed E-state index contributed by atoms with van der Waals surface area (Å²) in [4.78, 5) is 42.4. The van der Waals surface area contributed by atoms with Gasteiger partial charge in [0.1, 0.15) is 10.9 Å². The number of methoxy groups -OCH3 is 2. The molecule has 0 spiro atoms. The highest BCUT2D eigenvalue weighted by Gasteiger charge is 2.30. The van der Waals surface area contributed by atoms with Crippen LogP contribution in [-0.2, 0) is 13.1 Å². The molecule has 11 nitrogen and oxygen atoms in total. The summed E-state index contributed by atoms with van der Waals surface area (Å²) in [7, 11) is 3.08. The van der Waals surface area contributed by atoms with Gasteiger partial charge in [-0.15, -0.1) is 0 Å². The van der Waals surface area contributed by atoms with Crippen LogP contribution in [0.15, 0.2) is 48.9 Å². The SMILES string of the molecule is COc1cnc(Cl)cc1-c1cc(C)ncc1C(=O)Nc1nc2c(s1)CN(C(=O)c1ccc(OC)n3nccc13)C2. The molecule has 40 heavy (non-hydrogen) atoms. The second-order valence-electron chi connectivity index (χ2n) is 9.00. The Balaban J connectivity index is 1.22. The lowest BCUT2D eigenvalue weighted by molar-refractivity contribution is 0.0752. The van der Waals surface area contributed by atoms with Crippen LogP contribution in [0.5, 0.6) is 11.6 Å². The normalized spacial score (nSPS) is 12.4. The van der Waals surface area contributed by atoms with Crippen molar-refractivity contribution in [2.24, 2.45) is 0 Å². The van der Waals surface area contributed by atoms with Crippen LogP contribution in [0.25, 0.3) is 16.6 Å². The molecule has 0 saturated heterocycles. The number of hydrogen-bond donors (Lipinski definition) is 1. The van der Waals surface area contributed by atoms with Crippen LogP contribution >= 0.6 is 22.9 Å². The molecule has 0 fully saturated rings. The molecule has 0 aliphatic carbocycles. The van der Waals surface area contributed by atoms with Crippen LogP contribution in [0.4, 0.5) is 5.13 Å². The minimum absolute atomic E-state index is 0.135. The van der Waals surface area contributed by atoms with E-state index in [-0.39, 0.29) is 17.0 Å². The summed E-state index contributed by atoms with van der Waals surface area (Å²) in [6.45, 7) is 2.55. The number of halogens is 1. The number of rotatable bonds is 6. The molecule has 2 amide bonds. The minimum atomic E-state index is -0.376. The number of fused-ring (bicyclic) bond motifs is 2. The number of hydrogen-bond acceptors (Lipinski definition) is 9. The number of amides is 2. The average Bonchev–Trinajstić information content (AvgIpc) is 3.67. The smallest absolute Gasteiger partial charge is 0.259 e. The first kappa shape index (κ1) is 25.7. The number of thiazole rings is 1. The number of pyridine rings is 3. The summed E-state index contributed by atoms with van der Waals surface area (Å²) in [5.41, 5.74) is 4.23. The van der Waals surface area contributed by atoms with Crippen molar-refractivity contribution in [1.82, 2.24) is 29.5 Å². The molecule has 1 aliphatic heterocycles. The third-order valence-electron chi connectivity index (χ3n) is 6.55. The summed E-state index contributed by atoms with van der Waals surface area (Å²) in [5.74, 6) is 0.507. The number of nitrogens with one attached hydrogen (secondary N) is 1. The van der Waals surface area contributed by atoms with Gasteiger partial charge in [0.2, 0.25) is 5.88 Å². The maximum Gasteiger partial charge on any atom is 0.259 e. The van der Waals surface area contributed by atoms with Crippen molar-refractivity contribution in [1.29, 1.82) is 0 Å². The monoisotopic (exact) mass is 575 g/mol. The van der Waals surface area contributed by atoms with Crippen molar-refractivity contribution in [2.45, 2.75) is 20.0 Å². The molecule has 5 aromatic heterocycles. The van der Waals surface area contributed by atoms with Crippen LogP contribution in [0.1, 0.15) is 37.0 Å². The molecule has 1 N–H and O–H groups in total. The van der Waals surface area contributed by atoms with Gasteiger partial charge in [-0.2, -0.15) is 5.10 Å². The Kier molecular flexibility index (Phi) is 6.56. The molecule has 0 aromatic carbocycles. The third kappa shape index (κ3) is 4.50. The first-order valence-electron chi connectivity index (χ1n) is 12.1. The number of anilines is 1. The molecule has 1 aliphatic rings. The highest BCUT2D eigenvalue weighted by atomic mass is 35.5.